The van der Waals surface area contributed by atoms with E-state index in [4.69, 9.17) is 9.15 Å². The molecule has 1 aromatic heterocycles. The van der Waals surface area contributed by atoms with Gasteiger partial charge in [0.1, 0.15) is 17.7 Å². The Kier molecular flexibility index (Phi) is 8.65. The van der Waals surface area contributed by atoms with E-state index in [2.05, 4.69) is 23.8 Å². The molecule has 1 amide bonds. The Bertz CT molecular complexity index is 1060. The molecule has 0 aromatic carbocycles. The van der Waals surface area contributed by atoms with Crippen LogP contribution in [-0.2, 0) is 14.3 Å². The lowest BCUT2D eigenvalue weighted by Gasteiger charge is -2.46. The van der Waals surface area contributed by atoms with Crippen LogP contribution in [0.1, 0.15) is 90.1 Å². The van der Waals surface area contributed by atoms with E-state index in [1.807, 2.05) is 19.9 Å². The average Bonchev–Trinajstić information content (AvgIpc) is 3.26. The second kappa shape index (κ2) is 11.4. The van der Waals surface area contributed by atoms with Crippen molar-refractivity contribution < 1.29 is 29.0 Å². The van der Waals surface area contributed by atoms with Crippen LogP contribution in [0, 0.1) is 24.2 Å². The summed E-state index contributed by atoms with van der Waals surface area (Å²) in [6, 6.07) is -0.311. The smallest absolute Gasteiger partial charge is 0.223 e. The highest BCUT2D eigenvalue weighted by Gasteiger charge is 2.54. The molecular formula is C30H44N2O6. The number of ketones is 1. The predicted molar refractivity (Wildman–Crippen MR) is 144 cm³/mol. The van der Waals surface area contributed by atoms with E-state index in [1.54, 1.807) is 19.3 Å². The summed E-state index contributed by atoms with van der Waals surface area (Å²) in [5.41, 5.74) is 0.305. The Morgan fingerprint density at radius 3 is 2.61 bits per heavy atom. The van der Waals surface area contributed by atoms with Gasteiger partial charge in [-0.2, -0.15) is 0 Å². The van der Waals surface area contributed by atoms with Crippen molar-refractivity contribution in [2.75, 3.05) is 0 Å². The number of hydrogen-bond acceptors (Lipinski definition) is 7. The first-order valence-electron chi connectivity index (χ1n) is 14.1. The highest BCUT2D eigenvalue weighted by atomic mass is 16.6. The number of fused-ring (bicyclic) bond motifs is 1. The van der Waals surface area contributed by atoms with Crippen LogP contribution in [0.3, 0.4) is 0 Å². The zero-order chi connectivity index (χ0) is 27.7. The van der Waals surface area contributed by atoms with E-state index in [9.17, 15) is 19.8 Å². The lowest BCUT2D eigenvalue weighted by Crippen LogP contribution is -2.54. The molecule has 1 spiro atoms. The minimum Gasteiger partial charge on any atom is -0.449 e. The summed E-state index contributed by atoms with van der Waals surface area (Å²) in [6.45, 7) is 11.6. The molecule has 3 unspecified atom stereocenters. The van der Waals surface area contributed by atoms with Gasteiger partial charge in [-0.25, -0.2) is 4.98 Å². The van der Waals surface area contributed by atoms with Crippen LogP contribution in [0.15, 0.2) is 28.9 Å². The van der Waals surface area contributed by atoms with Crippen LogP contribution >= 0.6 is 0 Å². The number of hydrogen-bond donors (Lipinski definition) is 3. The molecule has 2 saturated heterocycles. The number of nitrogens with zero attached hydrogens (tertiary/aromatic N) is 1. The Labute approximate surface area is 225 Å². The van der Waals surface area contributed by atoms with E-state index in [0.29, 0.717) is 37.3 Å². The Morgan fingerprint density at radius 2 is 2.00 bits per heavy atom. The molecule has 0 bridgehead atoms. The van der Waals surface area contributed by atoms with E-state index in [1.165, 1.54) is 0 Å². The van der Waals surface area contributed by atoms with E-state index in [0.717, 1.165) is 31.3 Å². The molecule has 2 aliphatic heterocycles. The third-order valence-corrected chi connectivity index (χ3v) is 9.22. The number of aliphatic hydroxyl groups excluding tert-OH is 2. The van der Waals surface area contributed by atoms with Crippen LogP contribution in [0.25, 0.3) is 6.08 Å². The van der Waals surface area contributed by atoms with Gasteiger partial charge < -0.3 is 24.7 Å². The fourth-order valence-corrected chi connectivity index (χ4v) is 6.38. The van der Waals surface area contributed by atoms with Crippen molar-refractivity contribution in [3.05, 3.63) is 36.1 Å². The third kappa shape index (κ3) is 5.97. The molecule has 8 heteroatoms. The van der Waals surface area contributed by atoms with Crippen LogP contribution < -0.4 is 5.32 Å². The maximum Gasteiger partial charge on any atom is 0.223 e. The average molecular weight is 529 g/mol. The number of aromatic nitrogens is 1. The highest BCUT2D eigenvalue weighted by Crippen LogP contribution is 2.49. The number of Topliss-reactive ketones (excluding diaryl/α,β-unsaturated/α-hetero) is 1. The van der Waals surface area contributed by atoms with Crippen molar-refractivity contribution in [3.8, 4) is 0 Å². The number of nitrogens with one attached hydrogen (secondary N) is 1. The number of aliphatic hydroxyl groups is 2. The topological polar surface area (TPSA) is 125 Å². The zero-order valence-corrected chi connectivity index (χ0v) is 23.2. The Morgan fingerprint density at radius 1 is 1.26 bits per heavy atom. The second-order valence-corrected chi connectivity index (χ2v) is 12.0. The molecule has 210 valence electrons. The molecule has 8 nitrogen and oxygen atoms in total. The molecule has 3 aliphatic rings. The quantitative estimate of drug-likeness (QED) is 0.393. The zero-order valence-electron chi connectivity index (χ0n) is 23.2. The van der Waals surface area contributed by atoms with Crippen molar-refractivity contribution in [3.63, 3.8) is 0 Å². The molecule has 1 saturated carbocycles. The molecule has 1 aromatic rings. The summed E-state index contributed by atoms with van der Waals surface area (Å²) >= 11 is 0. The van der Waals surface area contributed by atoms with Gasteiger partial charge in [0.25, 0.3) is 0 Å². The molecular weight excluding hydrogens is 484 g/mol. The lowest BCUT2D eigenvalue weighted by atomic mass is 9.58. The molecule has 3 fully saturated rings. The Balaban J connectivity index is 1.60. The number of carbonyl (C=O) groups excluding carboxylic acids is 2. The molecule has 4 rings (SSSR count). The Hall–Kier alpha value is -2.29. The SMILES string of the molecule is C=CC[C@H]1C(=O)C2(CCC2)[C@@H](O)CC(=O)N[C@H](C(C)=Cc2coc(C)n2)CC2OC2(C)CCC[C@H](C)C1O. The number of rotatable bonds is 4. The maximum absolute atomic E-state index is 13.8. The number of oxazole rings is 1. The first-order valence-corrected chi connectivity index (χ1v) is 14.1. The molecule has 38 heavy (non-hydrogen) atoms. The summed E-state index contributed by atoms with van der Waals surface area (Å²) in [5.74, 6) is -0.607. The van der Waals surface area contributed by atoms with Crippen molar-refractivity contribution in [2.45, 2.75) is 115 Å². The lowest BCUT2D eigenvalue weighted by molar-refractivity contribution is -0.155. The van der Waals surface area contributed by atoms with Gasteiger partial charge >= 0.3 is 0 Å². The normalized spacial score (nSPS) is 36.7. The monoisotopic (exact) mass is 528 g/mol. The number of allylic oxidation sites excluding steroid dienone is 1. The van der Waals surface area contributed by atoms with Gasteiger partial charge in [-0.1, -0.05) is 25.8 Å². The number of epoxide rings is 1. The van der Waals surface area contributed by atoms with Crippen LogP contribution in [0.5, 0.6) is 0 Å². The van der Waals surface area contributed by atoms with Crippen molar-refractivity contribution in [2.24, 2.45) is 17.3 Å². The fraction of sp³-hybridized carbons (Fsp3) is 0.700. The number of ether oxygens (including phenoxy) is 1. The van der Waals surface area contributed by atoms with Gasteiger partial charge in [0.05, 0.1) is 41.8 Å². The molecule has 3 N–H and O–H groups in total. The minimum absolute atomic E-state index is 0.0127. The van der Waals surface area contributed by atoms with Gasteiger partial charge in [0, 0.05) is 19.3 Å². The van der Waals surface area contributed by atoms with Gasteiger partial charge in [-0.05, 0) is 63.5 Å². The fourth-order valence-electron chi connectivity index (χ4n) is 6.38. The van der Waals surface area contributed by atoms with Gasteiger partial charge in [-0.3, -0.25) is 9.59 Å². The first-order chi connectivity index (χ1) is 18.0. The van der Waals surface area contributed by atoms with E-state index >= 15 is 0 Å². The summed E-state index contributed by atoms with van der Waals surface area (Å²) in [4.78, 5) is 31.5. The molecule has 0 radical (unpaired) electrons. The standard InChI is InChI=1S/C30H44N2O6/c1-6-9-22-27(35)18(2)10-7-11-29(5)25(38-29)15-23(19(3)14-21-17-37-20(4)31-21)32-26(34)16-24(33)30(28(22)36)12-8-13-30/h6,14,17-18,22-25,27,33,35H,1,7-13,15-16H2,2-5H3,(H,32,34)/t18-,22+,23-,24-,25?,27?,29?/m0/s1. The second-order valence-electron chi connectivity index (χ2n) is 12.0. The predicted octanol–water partition coefficient (Wildman–Crippen LogP) is 4.28. The summed E-state index contributed by atoms with van der Waals surface area (Å²) in [6.07, 6.45) is 8.30. The maximum atomic E-state index is 13.8. The third-order valence-electron chi connectivity index (χ3n) is 9.22. The van der Waals surface area contributed by atoms with Gasteiger partial charge in [0.2, 0.25) is 5.91 Å². The van der Waals surface area contributed by atoms with Crippen LogP contribution in [-0.4, -0.2) is 56.8 Å². The molecule has 7 atom stereocenters. The van der Waals surface area contributed by atoms with Crippen molar-refractivity contribution >= 4 is 17.8 Å². The van der Waals surface area contributed by atoms with E-state index in [-0.39, 0.29) is 41.8 Å². The van der Waals surface area contributed by atoms with Gasteiger partial charge in [-0.15, -0.1) is 6.58 Å². The van der Waals surface area contributed by atoms with E-state index < -0.39 is 23.5 Å². The van der Waals surface area contributed by atoms with Crippen LogP contribution in [0.4, 0.5) is 0 Å². The minimum atomic E-state index is -1.11. The van der Waals surface area contributed by atoms with Crippen LogP contribution in [0.2, 0.25) is 0 Å². The van der Waals surface area contributed by atoms with Gasteiger partial charge in [0.15, 0.2) is 5.89 Å². The molecule has 3 heterocycles. The summed E-state index contributed by atoms with van der Waals surface area (Å²) in [7, 11) is 0. The number of carbonyl (C=O) groups is 2. The summed E-state index contributed by atoms with van der Waals surface area (Å²) in [5, 5.41) is 25.6. The van der Waals surface area contributed by atoms with Crippen molar-refractivity contribution in [1.29, 1.82) is 0 Å². The number of aryl methyl sites for hydroxylation is 1. The largest absolute Gasteiger partial charge is 0.449 e. The highest BCUT2D eigenvalue weighted by molar-refractivity contribution is 5.90. The number of amides is 1. The van der Waals surface area contributed by atoms with Crippen molar-refractivity contribution in [1.82, 2.24) is 10.3 Å². The summed E-state index contributed by atoms with van der Waals surface area (Å²) < 4.78 is 11.5. The first kappa shape index (κ1) is 28.7. The molecule has 1 aliphatic carbocycles.